The van der Waals surface area contributed by atoms with Crippen molar-refractivity contribution in [2.24, 2.45) is 0 Å². The van der Waals surface area contributed by atoms with Gasteiger partial charge in [0.2, 0.25) is 5.91 Å². The van der Waals surface area contributed by atoms with E-state index in [1.807, 2.05) is 48.7 Å². The van der Waals surface area contributed by atoms with Crippen molar-refractivity contribution in [1.29, 1.82) is 0 Å². The van der Waals surface area contributed by atoms with Gasteiger partial charge in [-0.15, -0.1) is 0 Å². The van der Waals surface area contributed by atoms with Gasteiger partial charge in [-0.3, -0.25) is 9.78 Å². The van der Waals surface area contributed by atoms with Crippen LogP contribution in [0.5, 0.6) is 0 Å². The van der Waals surface area contributed by atoms with Gasteiger partial charge in [0.15, 0.2) is 5.11 Å². The number of benzene rings is 1. The van der Waals surface area contributed by atoms with E-state index >= 15 is 0 Å². The molecule has 1 amide bonds. The number of carbonyl (C=O) groups is 1. The number of rotatable bonds is 5. The molecule has 0 bridgehead atoms. The number of carbonyl (C=O) groups excluding carboxylic acids is 1. The first kappa shape index (κ1) is 20.1. The molecule has 4 rings (SSSR count). The highest BCUT2D eigenvalue weighted by molar-refractivity contribution is 7.80. The molecule has 1 aliphatic heterocycles. The Bertz CT molecular complexity index is 1040. The van der Waals surface area contributed by atoms with E-state index in [0.717, 1.165) is 17.1 Å². The third kappa shape index (κ3) is 3.80. The van der Waals surface area contributed by atoms with Gasteiger partial charge in [0.25, 0.3) is 0 Å². The number of nitrogens with one attached hydrogen (secondary N) is 2. The molecule has 1 aromatic carbocycles. The van der Waals surface area contributed by atoms with Gasteiger partial charge in [0, 0.05) is 42.4 Å². The Hall–Kier alpha value is -3.19. The summed E-state index contributed by atoms with van der Waals surface area (Å²) in [5.41, 5.74) is 3.83. The van der Waals surface area contributed by atoms with Crippen LogP contribution in [0.4, 0.5) is 11.4 Å². The summed E-state index contributed by atoms with van der Waals surface area (Å²) in [7, 11) is 0. The van der Waals surface area contributed by atoms with Crippen molar-refractivity contribution in [1.82, 2.24) is 14.9 Å². The molecule has 30 heavy (non-hydrogen) atoms. The Balaban J connectivity index is 1.78. The summed E-state index contributed by atoms with van der Waals surface area (Å²) in [6.45, 7) is 5.85. The van der Waals surface area contributed by atoms with Crippen LogP contribution >= 0.6 is 12.2 Å². The van der Waals surface area contributed by atoms with Crippen LogP contribution in [0.3, 0.4) is 0 Å². The maximum atomic E-state index is 11.4. The fraction of sp³-hybridized carbons (Fsp3) is 0.261. The Morgan fingerprint density at radius 2 is 1.90 bits per heavy atom. The number of aromatic nitrogens is 2. The van der Waals surface area contributed by atoms with Crippen LogP contribution in [0.25, 0.3) is 0 Å². The normalized spacial score (nSPS) is 18.5. The SMILES string of the molecule is CC(=O)Nc1ccc(N2C(=S)N[C@@H](c3ccccn3)[C@H]2c2cccn2C(C)C)cc1. The smallest absolute Gasteiger partial charge is 0.221 e. The molecule has 0 aliphatic carbocycles. The molecule has 0 radical (unpaired) electrons. The maximum absolute atomic E-state index is 11.4. The zero-order chi connectivity index (χ0) is 21.3. The summed E-state index contributed by atoms with van der Waals surface area (Å²) >= 11 is 5.77. The van der Waals surface area contributed by atoms with Crippen LogP contribution in [-0.2, 0) is 4.79 Å². The lowest BCUT2D eigenvalue weighted by atomic mass is 10.0. The number of thiocarbonyl (C=S) groups is 1. The van der Waals surface area contributed by atoms with Gasteiger partial charge in [-0.25, -0.2) is 0 Å². The molecule has 1 aliphatic rings. The summed E-state index contributed by atoms with van der Waals surface area (Å²) in [5.74, 6) is -0.0936. The largest absolute Gasteiger partial charge is 0.351 e. The fourth-order valence-electron chi connectivity index (χ4n) is 3.97. The second-order valence-electron chi connectivity index (χ2n) is 7.66. The summed E-state index contributed by atoms with van der Waals surface area (Å²) in [6, 6.07) is 18.1. The van der Waals surface area contributed by atoms with Crippen molar-refractivity contribution in [3.8, 4) is 0 Å². The minimum Gasteiger partial charge on any atom is -0.351 e. The molecule has 1 saturated heterocycles. The lowest BCUT2D eigenvalue weighted by Crippen LogP contribution is -2.30. The van der Waals surface area contributed by atoms with E-state index in [2.05, 4.69) is 57.3 Å². The van der Waals surface area contributed by atoms with Gasteiger partial charge >= 0.3 is 0 Å². The van der Waals surface area contributed by atoms with Gasteiger partial charge in [-0.1, -0.05) is 6.07 Å². The molecule has 3 aromatic rings. The highest BCUT2D eigenvalue weighted by Crippen LogP contribution is 2.42. The van der Waals surface area contributed by atoms with Crippen molar-refractivity contribution in [2.75, 3.05) is 10.2 Å². The fourth-order valence-corrected chi connectivity index (χ4v) is 4.32. The highest BCUT2D eigenvalue weighted by atomic mass is 32.1. The van der Waals surface area contributed by atoms with E-state index in [9.17, 15) is 4.79 Å². The lowest BCUT2D eigenvalue weighted by molar-refractivity contribution is -0.114. The Kier molecular flexibility index (Phi) is 5.55. The van der Waals surface area contributed by atoms with Crippen molar-refractivity contribution >= 4 is 34.6 Å². The Labute approximate surface area is 181 Å². The zero-order valence-corrected chi connectivity index (χ0v) is 18.1. The number of pyridine rings is 1. The average molecular weight is 420 g/mol. The van der Waals surface area contributed by atoms with Crippen LogP contribution in [0, 0.1) is 0 Å². The first-order valence-electron chi connectivity index (χ1n) is 10.0. The number of hydrogen-bond donors (Lipinski definition) is 2. The molecule has 0 unspecified atom stereocenters. The minimum absolute atomic E-state index is 0.0589. The number of anilines is 2. The van der Waals surface area contributed by atoms with E-state index in [1.54, 1.807) is 0 Å². The van der Waals surface area contributed by atoms with Gasteiger partial charge in [-0.05, 0) is 74.6 Å². The van der Waals surface area contributed by atoms with Crippen LogP contribution < -0.4 is 15.5 Å². The Morgan fingerprint density at radius 1 is 1.13 bits per heavy atom. The third-order valence-electron chi connectivity index (χ3n) is 5.24. The molecule has 2 atom stereocenters. The first-order chi connectivity index (χ1) is 14.5. The summed E-state index contributed by atoms with van der Waals surface area (Å²) in [6.07, 6.45) is 3.92. The van der Waals surface area contributed by atoms with Gasteiger partial charge in [0.1, 0.15) is 6.04 Å². The summed E-state index contributed by atoms with van der Waals surface area (Å²) in [4.78, 5) is 18.1. The molecule has 154 valence electrons. The number of hydrogen-bond acceptors (Lipinski definition) is 3. The molecular weight excluding hydrogens is 394 g/mol. The van der Waals surface area contributed by atoms with E-state index in [4.69, 9.17) is 12.2 Å². The predicted octanol–water partition coefficient (Wildman–Crippen LogP) is 4.60. The van der Waals surface area contributed by atoms with E-state index in [1.165, 1.54) is 12.6 Å². The first-order valence-corrected chi connectivity index (χ1v) is 10.4. The monoisotopic (exact) mass is 419 g/mol. The standard InChI is InChI=1S/C23H25N5OS/c1-15(2)27-14-6-8-20(27)22-21(19-7-4-5-13-24-19)26-23(30)28(22)18-11-9-17(10-12-18)25-16(3)29/h4-15,21-22H,1-3H3,(H,25,29)(H,26,30)/t21-,22+/m0/s1. The molecule has 2 N–H and O–H groups in total. The number of amides is 1. The van der Waals surface area contributed by atoms with Crippen LogP contribution in [0.2, 0.25) is 0 Å². The average Bonchev–Trinajstić information content (AvgIpc) is 3.33. The molecule has 6 nitrogen and oxygen atoms in total. The van der Waals surface area contributed by atoms with Crippen LogP contribution in [0.15, 0.2) is 67.0 Å². The summed E-state index contributed by atoms with van der Waals surface area (Å²) < 4.78 is 2.27. The molecule has 1 fully saturated rings. The molecule has 0 saturated carbocycles. The quantitative estimate of drug-likeness (QED) is 0.592. The van der Waals surface area contributed by atoms with Crippen LogP contribution in [0.1, 0.15) is 50.3 Å². The molecular formula is C23H25N5OS. The maximum Gasteiger partial charge on any atom is 0.221 e. The van der Waals surface area contributed by atoms with E-state index in [0.29, 0.717) is 11.2 Å². The summed E-state index contributed by atoms with van der Waals surface area (Å²) in [5, 5.41) is 6.95. The van der Waals surface area contributed by atoms with Crippen molar-refractivity contribution in [3.05, 3.63) is 78.4 Å². The van der Waals surface area contributed by atoms with E-state index < -0.39 is 0 Å². The van der Waals surface area contributed by atoms with Gasteiger partial charge < -0.3 is 20.1 Å². The molecule has 7 heteroatoms. The second-order valence-corrected chi connectivity index (χ2v) is 8.05. The number of nitrogens with zero attached hydrogens (tertiary/aromatic N) is 3. The van der Waals surface area contributed by atoms with Gasteiger partial charge in [-0.2, -0.15) is 0 Å². The van der Waals surface area contributed by atoms with Gasteiger partial charge in [0.05, 0.1) is 11.7 Å². The van der Waals surface area contributed by atoms with Crippen molar-refractivity contribution < 1.29 is 4.79 Å². The molecule has 2 aromatic heterocycles. The highest BCUT2D eigenvalue weighted by Gasteiger charge is 2.42. The second kappa shape index (κ2) is 8.28. The molecule has 0 spiro atoms. The molecule has 3 heterocycles. The predicted molar refractivity (Wildman–Crippen MR) is 123 cm³/mol. The van der Waals surface area contributed by atoms with Crippen LogP contribution in [-0.4, -0.2) is 20.6 Å². The topological polar surface area (TPSA) is 62.2 Å². The Morgan fingerprint density at radius 3 is 2.53 bits per heavy atom. The van der Waals surface area contributed by atoms with Crippen molar-refractivity contribution in [3.63, 3.8) is 0 Å². The lowest BCUT2D eigenvalue weighted by Gasteiger charge is -2.30. The zero-order valence-electron chi connectivity index (χ0n) is 17.2. The van der Waals surface area contributed by atoms with E-state index in [-0.39, 0.29) is 18.0 Å². The minimum atomic E-state index is -0.0936. The third-order valence-corrected chi connectivity index (χ3v) is 5.55. The van der Waals surface area contributed by atoms with Crippen molar-refractivity contribution in [2.45, 2.75) is 38.9 Å².